The van der Waals surface area contributed by atoms with Gasteiger partial charge in [0.05, 0.1) is 0 Å². The number of nitrogens with one attached hydrogen (secondary N) is 1. The minimum atomic E-state index is -0.237. The number of likely N-dealkylation sites (N-methyl/N-ethyl adjacent to an activating group) is 1. The molecule has 1 aliphatic rings. The first-order valence-electron chi connectivity index (χ1n) is 3.84. The van der Waals surface area contributed by atoms with Crippen molar-refractivity contribution in [2.24, 2.45) is 0 Å². The molecular weight excluding hydrogens is 271 g/mol. The van der Waals surface area contributed by atoms with Crippen LogP contribution in [-0.4, -0.2) is 34.4 Å². The smallest absolute Gasteiger partial charge is 0.283 e. The molecule has 0 spiro atoms. The maximum atomic E-state index is 11.2. The lowest BCUT2D eigenvalue weighted by Crippen LogP contribution is -2.42. The minimum absolute atomic E-state index is 0.0429. The Bertz CT molecular complexity index is 208. The van der Waals surface area contributed by atoms with Crippen LogP contribution in [0, 0.1) is 0 Å². The Kier molecular flexibility index (Phi) is 3.30. The van der Waals surface area contributed by atoms with Crippen LogP contribution in [0.2, 0.25) is 0 Å². The van der Waals surface area contributed by atoms with Crippen molar-refractivity contribution in [2.45, 2.75) is 18.9 Å². The molecule has 1 atom stereocenters. The van der Waals surface area contributed by atoms with Crippen molar-refractivity contribution in [3.8, 4) is 0 Å². The molecule has 1 unspecified atom stereocenters. The summed E-state index contributed by atoms with van der Waals surface area (Å²) in [5.41, 5.74) is 0. The molecule has 12 heavy (non-hydrogen) atoms. The molecule has 1 rings (SSSR count). The van der Waals surface area contributed by atoms with Gasteiger partial charge >= 0.3 is 0 Å². The maximum absolute atomic E-state index is 11.2. The molecule has 1 aliphatic heterocycles. The van der Waals surface area contributed by atoms with Gasteiger partial charge in [-0.25, -0.2) is 0 Å². The molecule has 0 saturated carbocycles. The number of carbonyl (C=O) groups excluding carboxylic acids is 2. The second kappa shape index (κ2) is 4.06. The molecule has 1 heterocycles. The van der Waals surface area contributed by atoms with E-state index >= 15 is 0 Å². The first-order valence-corrected chi connectivity index (χ1v) is 4.92. The fourth-order valence-corrected chi connectivity index (χ4v) is 1.99. The van der Waals surface area contributed by atoms with Crippen molar-refractivity contribution in [1.82, 2.24) is 10.2 Å². The number of amides is 2. The van der Waals surface area contributed by atoms with Gasteiger partial charge in [0.25, 0.3) is 3.91 Å². The molecule has 2 amide bonds. The van der Waals surface area contributed by atoms with Crippen LogP contribution in [0.15, 0.2) is 0 Å². The molecule has 0 aromatic heterocycles. The number of halogens is 1. The number of hydrogen-bond acceptors (Lipinski definition) is 2. The van der Waals surface area contributed by atoms with E-state index in [2.05, 4.69) is 5.32 Å². The highest BCUT2D eigenvalue weighted by molar-refractivity contribution is 14.1. The summed E-state index contributed by atoms with van der Waals surface area (Å²) in [5.74, 6) is -0.0579. The molecule has 1 fully saturated rings. The van der Waals surface area contributed by atoms with E-state index in [0.717, 1.165) is 12.8 Å². The Morgan fingerprint density at radius 2 is 2.25 bits per heavy atom. The number of hydrogen-bond donors (Lipinski definition) is 1. The van der Waals surface area contributed by atoms with Crippen LogP contribution in [0.1, 0.15) is 12.8 Å². The van der Waals surface area contributed by atoms with E-state index < -0.39 is 0 Å². The third kappa shape index (κ3) is 1.88. The molecule has 4 nitrogen and oxygen atoms in total. The summed E-state index contributed by atoms with van der Waals surface area (Å²) in [6, 6.07) is -0.237. The van der Waals surface area contributed by atoms with E-state index in [1.54, 1.807) is 34.5 Å². The zero-order valence-electron chi connectivity index (χ0n) is 6.84. The Hall–Kier alpha value is -0.330. The van der Waals surface area contributed by atoms with Crippen LogP contribution in [0.4, 0.5) is 4.79 Å². The summed E-state index contributed by atoms with van der Waals surface area (Å²) in [5, 5.41) is 2.56. The van der Waals surface area contributed by atoms with Gasteiger partial charge in [-0.1, -0.05) is 0 Å². The Morgan fingerprint density at radius 1 is 1.58 bits per heavy atom. The van der Waals surface area contributed by atoms with Crippen molar-refractivity contribution < 1.29 is 9.59 Å². The Morgan fingerprint density at radius 3 is 2.75 bits per heavy atom. The van der Waals surface area contributed by atoms with Crippen LogP contribution in [-0.2, 0) is 4.79 Å². The topological polar surface area (TPSA) is 49.4 Å². The van der Waals surface area contributed by atoms with E-state index in [-0.39, 0.29) is 15.9 Å². The van der Waals surface area contributed by atoms with Gasteiger partial charge in [-0.2, -0.15) is 0 Å². The largest absolute Gasteiger partial charge is 0.357 e. The van der Waals surface area contributed by atoms with E-state index in [1.165, 1.54) is 0 Å². The number of likely N-dealkylation sites (tertiary alicyclic amines) is 1. The summed E-state index contributed by atoms with van der Waals surface area (Å²) in [6.45, 7) is 0.708. The molecule has 0 aromatic carbocycles. The second-order valence-electron chi connectivity index (χ2n) is 2.72. The SMILES string of the molecule is CNC(=O)C1CCCN1C(=O)I. The zero-order valence-corrected chi connectivity index (χ0v) is 9.00. The zero-order chi connectivity index (χ0) is 9.14. The van der Waals surface area contributed by atoms with Crippen molar-refractivity contribution in [3.63, 3.8) is 0 Å². The molecule has 1 N–H and O–H groups in total. The number of carbonyl (C=O) groups is 2. The van der Waals surface area contributed by atoms with Crippen molar-refractivity contribution in [1.29, 1.82) is 0 Å². The molecule has 0 bridgehead atoms. The van der Waals surface area contributed by atoms with Crippen LogP contribution in [0.5, 0.6) is 0 Å². The van der Waals surface area contributed by atoms with Crippen molar-refractivity contribution in [3.05, 3.63) is 0 Å². The molecule has 0 radical (unpaired) electrons. The Labute approximate surface area is 84.8 Å². The maximum Gasteiger partial charge on any atom is 0.283 e. The third-order valence-corrected chi connectivity index (χ3v) is 2.65. The monoisotopic (exact) mass is 282 g/mol. The summed E-state index contributed by atoms with van der Waals surface area (Å²) in [7, 11) is 1.59. The van der Waals surface area contributed by atoms with E-state index in [4.69, 9.17) is 0 Å². The molecule has 1 saturated heterocycles. The summed E-state index contributed by atoms with van der Waals surface area (Å²) < 4.78 is -0.0429. The van der Waals surface area contributed by atoms with Gasteiger partial charge < -0.3 is 10.2 Å². The van der Waals surface area contributed by atoms with Crippen LogP contribution < -0.4 is 5.32 Å². The van der Waals surface area contributed by atoms with Gasteiger partial charge in [-0.05, 0) is 12.8 Å². The second-order valence-corrected chi connectivity index (χ2v) is 3.64. The van der Waals surface area contributed by atoms with Gasteiger partial charge in [0.2, 0.25) is 5.91 Å². The average molecular weight is 282 g/mol. The number of rotatable bonds is 1. The average Bonchev–Trinajstić information content (AvgIpc) is 2.50. The molecule has 0 aromatic rings. The summed E-state index contributed by atoms with van der Waals surface area (Å²) >= 11 is 1.72. The molecule has 0 aliphatic carbocycles. The highest BCUT2D eigenvalue weighted by Gasteiger charge is 2.32. The fraction of sp³-hybridized carbons (Fsp3) is 0.714. The standard InChI is InChI=1S/C7H11IN2O2/c1-9-6(11)5-3-2-4-10(5)7(8)12/h5H,2-4H2,1H3,(H,9,11). The lowest BCUT2D eigenvalue weighted by Gasteiger charge is -2.20. The van der Waals surface area contributed by atoms with E-state index in [0.29, 0.717) is 6.54 Å². The van der Waals surface area contributed by atoms with E-state index in [1.807, 2.05) is 0 Å². The number of nitrogens with zero attached hydrogens (tertiary/aromatic N) is 1. The first kappa shape index (κ1) is 9.76. The van der Waals surface area contributed by atoms with Crippen molar-refractivity contribution in [2.75, 3.05) is 13.6 Å². The lowest BCUT2D eigenvalue weighted by atomic mass is 10.2. The predicted molar refractivity (Wildman–Crippen MR) is 53.2 cm³/mol. The first-order chi connectivity index (χ1) is 5.66. The molecular formula is C7H11IN2O2. The fourth-order valence-electron chi connectivity index (χ4n) is 1.42. The van der Waals surface area contributed by atoms with Crippen LogP contribution in [0.25, 0.3) is 0 Å². The van der Waals surface area contributed by atoms with Gasteiger partial charge in [0, 0.05) is 36.2 Å². The van der Waals surface area contributed by atoms with E-state index in [9.17, 15) is 9.59 Å². The van der Waals surface area contributed by atoms with Gasteiger partial charge in [0.15, 0.2) is 0 Å². The Balaban J connectivity index is 2.63. The van der Waals surface area contributed by atoms with Crippen LogP contribution >= 0.6 is 22.6 Å². The summed E-state index contributed by atoms with van der Waals surface area (Å²) in [6.07, 6.45) is 1.71. The molecule has 5 heteroatoms. The summed E-state index contributed by atoms with van der Waals surface area (Å²) in [4.78, 5) is 23.8. The third-order valence-electron chi connectivity index (χ3n) is 2.03. The van der Waals surface area contributed by atoms with Crippen molar-refractivity contribution >= 4 is 32.4 Å². The highest BCUT2D eigenvalue weighted by atomic mass is 127. The predicted octanol–water partition coefficient (Wildman–Crippen LogP) is 0.752. The highest BCUT2D eigenvalue weighted by Crippen LogP contribution is 2.19. The molecule has 68 valence electrons. The normalized spacial score (nSPS) is 22.5. The lowest BCUT2D eigenvalue weighted by molar-refractivity contribution is -0.124. The quantitative estimate of drug-likeness (QED) is 0.438. The minimum Gasteiger partial charge on any atom is -0.357 e. The van der Waals surface area contributed by atoms with Crippen LogP contribution in [0.3, 0.4) is 0 Å². The van der Waals surface area contributed by atoms with Gasteiger partial charge in [0.1, 0.15) is 6.04 Å². The van der Waals surface area contributed by atoms with Gasteiger partial charge in [-0.15, -0.1) is 0 Å². The van der Waals surface area contributed by atoms with Gasteiger partial charge in [-0.3, -0.25) is 9.59 Å².